The Morgan fingerprint density at radius 3 is 2.37 bits per heavy atom. The lowest BCUT2D eigenvalue weighted by Gasteiger charge is -2.14. The molecule has 4 aromatic carbocycles. The average Bonchev–Trinajstić information content (AvgIpc) is 2.66. The SMILES string of the molecule is COc1cccc2c(O)c3c(=O)c(=O)c4ccc(C)c5c(=O)oc(c12)c3c45. The van der Waals surface area contributed by atoms with Crippen LogP contribution in [0, 0.1) is 6.92 Å². The molecule has 0 saturated heterocycles. The van der Waals surface area contributed by atoms with Gasteiger partial charge in [-0.15, -0.1) is 0 Å². The molecule has 1 N–H and O–H groups in total. The second kappa shape index (κ2) is 4.94. The van der Waals surface area contributed by atoms with E-state index in [1.165, 1.54) is 13.2 Å². The molecule has 0 spiro atoms. The van der Waals surface area contributed by atoms with Crippen molar-refractivity contribution in [2.45, 2.75) is 6.92 Å². The highest BCUT2D eigenvalue weighted by atomic mass is 16.5. The third-order valence-corrected chi connectivity index (χ3v) is 5.18. The Kier molecular flexibility index (Phi) is 2.85. The number of phenols is 1. The van der Waals surface area contributed by atoms with Crippen molar-refractivity contribution in [3.8, 4) is 11.5 Å². The lowest BCUT2D eigenvalue weighted by molar-refractivity contribution is 0.419. The van der Waals surface area contributed by atoms with Gasteiger partial charge in [-0.3, -0.25) is 9.59 Å². The van der Waals surface area contributed by atoms with Crippen LogP contribution < -0.4 is 21.2 Å². The Labute approximate surface area is 150 Å². The molecule has 5 aromatic rings. The van der Waals surface area contributed by atoms with Gasteiger partial charge >= 0.3 is 5.63 Å². The number of rotatable bonds is 1. The first-order valence-electron chi connectivity index (χ1n) is 8.26. The lowest BCUT2D eigenvalue weighted by atomic mass is 9.92. The molecule has 5 rings (SSSR count). The van der Waals surface area contributed by atoms with Crippen LogP contribution in [-0.2, 0) is 0 Å². The van der Waals surface area contributed by atoms with Gasteiger partial charge in [-0.2, -0.15) is 0 Å². The summed E-state index contributed by atoms with van der Waals surface area (Å²) in [4.78, 5) is 38.2. The van der Waals surface area contributed by atoms with Gasteiger partial charge in [0, 0.05) is 21.5 Å². The van der Waals surface area contributed by atoms with Crippen molar-refractivity contribution in [3.63, 3.8) is 0 Å². The van der Waals surface area contributed by atoms with Gasteiger partial charge in [0.2, 0.25) is 10.9 Å². The molecule has 0 bridgehead atoms. The van der Waals surface area contributed by atoms with Gasteiger partial charge in [0.15, 0.2) is 5.58 Å². The van der Waals surface area contributed by atoms with Crippen LogP contribution in [-0.4, -0.2) is 12.2 Å². The maximum absolute atomic E-state index is 12.8. The zero-order valence-electron chi connectivity index (χ0n) is 14.4. The maximum atomic E-state index is 12.8. The molecule has 0 unspecified atom stereocenters. The topological polar surface area (TPSA) is 93.8 Å². The third kappa shape index (κ3) is 1.72. The summed E-state index contributed by atoms with van der Waals surface area (Å²) in [7, 11) is 1.46. The minimum Gasteiger partial charge on any atom is -0.506 e. The number of fused-ring (bicyclic) bond motifs is 2. The molecule has 0 aliphatic rings. The average molecular weight is 360 g/mol. The molecule has 0 amide bonds. The molecular weight excluding hydrogens is 348 g/mol. The monoisotopic (exact) mass is 360 g/mol. The molecule has 27 heavy (non-hydrogen) atoms. The first-order chi connectivity index (χ1) is 13.0. The van der Waals surface area contributed by atoms with Crippen LogP contribution in [0.5, 0.6) is 11.5 Å². The van der Waals surface area contributed by atoms with Gasteiger partial charge in [0.1, 0.15) is 11.5 Å². The molecule has 6 nitrogen and oxygen atoms in total. The Morgan fingerprint density at radius 1 is 0.852 bits per heavy atom. The first-order valence-corrected chi connectivity index (χ1v) is 8.26. The van der Waals surface area contributed by atoms with E-state index >= 15 is 0 Å². The highest BCUT2D eigenvalue weighted by Gasteiger charge is 2.25. The summed E-state index contributed by atoms with van der Waals surface area (Å²) in [5.74, 6) is 0.0625. The summed E-state index contributed by atoms with van der Waals surface area (Å²) in [6.45, 7) is 1.73. The lowest BCUT2D eigenvalue weighted by Crippen LogP contribution is -2.25. The van der Waals surface area contributed by atoms with Gasteiger partial charge in [0.25, 0.3) is 0 Å². The summed E-state index contributed by atoms with van der Waals surface area (Å²) in [5.41, 5.74) is -1.44. The Hall–Kier alpha value is -3.67. The largest absolute Gasteiger partial charge is 0.506 e. The van der Waals surface area contributed by atoms with Crippen molar-refractivity contribution in [2.75, 3.05) is 7.11 Å². The number of ether oxygens (including phenoxy) is 1. The minimum atomic E-state index is -0.825. The van der Waals surface area contributed by atoms with E-state index in [-0.39, 0.29) is 38.3 Å². The van der Waals surface area contributed by atoms with Crippen LogP contribution in [0.3, 0.4) is 0 Å². The van der Waals surface area contributed by atoms with E-state index in [4.69, 9.17) is 9.15 Å². The number of aromatic hydroxyl groups is 1. The summed E-state index contributed by atoms with van der Waals surface area (Å²) in [6.07, 6.45) is 0. The van der Waals surface area contributed by atoms with Crippen molar-refractivity contribution in [1.82, 2.24) is 0 Å². The molecule has 0 aliphatic heterocycles. The van der Waals surface area contributed by atoms with Gasteiger partial charge in [-0.05, 0) is 24.6 Å². The quantitative estimate of drug-likeness (QED) is 0.214. The molecule has 132 valence electrons. The van der Waals surface area contributed by atoms with Crippen LogP contribution in [0.1, 0.15) is 5.56 Å². The Balaban J connectivity index is 2.36. The van der Waals surface area contributed by atoms with Crippen molar-refractivity contribution in [3.05, 3.63) is 66.8 Å². The smallest absolute Gasteiger partial charge is 0.344 e. The Bertz CT molecular complexity index is 1580. The Morgan fingerprint density at radius 2 is 1.63 bits per heavy atom. The number of methoxy groups -OCH3 is 1. The van der Waals surface area contributed by atoms with Crippen molar-refractivity contribution in [2.24, 2.45) is 0 Å². The second-order valence-corrected chi connectivity index (χ2v) is 6.54. The molecule has 0 fully saturated rings. The van der Waals surface area contributed by atoms with E-state index in [9.17, 15) is 19.5 Å². The molecule has 6 heteroatoms. The van der Waals surface area contributed by atoms with E-state index < -0.39 is 16.5 Å². The van der Waals surface area contributed by atoms with Crippen molar-refractivity contribution >= 4 is 43.3 Å². The van der Waals surface area contributed by atoms with E-state index in [2.05, 4.69) is 0 Å². The van der Waals surface area contributed by atoms with E-state index in [1.807, 2.05) is 0 Å². The van der Waals surface area contributed by atoms with Crippen molar-refractivity contribution in [1.29, 1.82) is 0 Å². The molecule has 0 atom stereocenters. The molecular formula is C21H12O6. The minimum absolute atomic E-state index is 0.125. The number of benzene rings is 4. The van der Waals surface area contributed by atoms with Gasteiger partial charge < -0.3 is 14.3 Å². The van der Waals surface area contributed by atoms with Crippen LogP contribution in [0.25, 0.3) is 43.3 Å². The molecule has 1 aromatic heterocycles. The summed E-state index contributed by atoms with van der Waals surface area (Å²) < 4.78 is 11.0. The molecule has 0 aliphatic carbocycles. The van der Waals surface area contributed by atoms with Crippen LogP contribution in [0.15, 0.2) is 49.1 Å². The highest BCUT2D eigenvalue weighted by Crippen LogP contribution is 2.43. The van der Waals surface area contributed by atoms with E-state index in [1.54, 1.807) is 31.2 Å². The fraction of sp³-hybridized carbons (Fsp3) is 0.0952. The predicted octanol–water partition coefficient (Wildman–Crippen LogP) is 2.87. The van der Waals surface area contributed by atoms with E-state index in [0.717, 1.165) is 0 Å². The van der Waals surface area contributed by atoms with Gasteiger partial charge in [-0.25, -0.2) is 4.79 Å². The molecule has 0 radical (unpaired) electrons. The highest BCUT2D eigenvalue weighted by molar-refractivity contribution is 6.29. The number of hydrogen-bond acceptors (Lipinski definition) is 6. The van der Waals surface area contributed by atoms with Crippen LogP contribution in [0.4, 0.5) is 0 Å². The zero-order chi connectivity index (χ0) is 19.0. The zero-order valence-corrected chi connectivity index (χ0v) is 14.4. The first kappa shape index (κ1) is 15.6. The number of hydrogen-bond donors (Lipinski definition) is 1. The number of phenolic OH excluding ortho intramolecular Hbond substituents is 1. The standard InChI is InChI=1S/C21H12O6/c1-8-6-7-10-14-12(8)21(25)27-20-13-9(4-3-5-11(13)26-2)17(22)16(15(14)20)19(24)18(10)23/h3-7,22H,1-2H3. The van der Waals surface area contributed by atoms with Gasteiger partial charge in [0.05, 0.1) is 23.3 Å². The van der Waals surface area contributed by atoms with Crippen LogP contribution >= 0.6 is 0 Å². The number of aryl methyl sites for hydroxylation is 1. The summed E-state index contributed by atoms with van der Waals surface area (Å²) in [6, 6.07) is 8.03. The van der Waals surface area contributed by atoms with Crippen LogP contribution in [0.2, 0.25) is 0 Å². The third-order valence-electron chi connectivity index (χ3n) is 5.18. The van der Waals surface area contributed by atoms with Gasteiger partial charge in [-0.1, -0.05) is 18.2 Å². The van der Waals surface area contributed by atoms with Crippen molar-refractivity contribution < 1.29 is 14.3 Å². The summed E-state index contributed by atoms with van der Waals surface area (Å²) >= 11 is 0. The predicted molar refractivity (Wildman–Crippen MR) is 103 cm³/mol. The normalized spacial score (nSPS) is 11.9. The molecule has 0 saturated carbocycles. The molecule has 1 heterocycles. The van der Waals surface area contributed by atoms with E-state index in [0.29, 0.717) is 22.1 Å². The second-order valence-electron chi connectivity index (χ2n) is 6.54. The fourth-order valence-electron chi connectivity index (χ4n) is 3.98. The summed E-state index contributed by atoms with van der Waals surface area (Å²) in [5, 5.41) is 12.3. The maximum Gasteiger partial charge on any atom is 0.344 e. The fourth-order valence-corrected chi connectivity index (χ4v) is 3.98.